The second-order valence-electron chi connectivity index (χ2n) is 9.68. The minimum Gasteiger partial charge on any atom is -0.387 e. The quantitative estimate of drug-likeness (QED) is 0.600. The summed E-state index contributed by atoms with van der Waals surface area (Å²) in [6.07, 6.45) is 1.63. The number of carbonyl (C=O) groups excluding carboxylic acids is 1. The summed E-state index contributed by atoms with van der Waals surface area (Å²) in [5.74, 6) is 0.572. The van der Waals surface area contributed by atoms with Gasteiger partial charge in [0.25, 0.3) is 0 Å². The van der Waals surface area contributed by atoms with Gasteiger partial charge in [-0.25, -0.2) is 19.2 Å². The van der Waals surface area contributed by atoms with Gasteiger partial charge >= 0.3 is 6.03 Å². The van der Waals surface area contributed by atoms with Gasteiger partial charge in [-0.2, -0.15) is 0 Å². The summed E-state index contributed by atoms with van der Waals surface area (Å²) >= 11 is 5.83. The van der Waals surface area contributed by atoms with Crippen LogP contribution in [0.4, 0.5) is 15.0 Å². The minimum absolute atomic E-state index is 0.0673. The van der Waals surface area contributed by atoms with E-state index >= 15 is 0 Å². The first-order chi connectivity index (χ1) is 16.7. The predicted molar refractivity (Wildman–Crippen MR) is 134 cm³/mol. The zero-order chi connectivity index (χ0) is 25.1. The summed E-state index contributed by atoms with van der Waals surface area (Å²) in [6, 6.07) is 4.91. The van der Waals surface area contributed by atoms with Crippen LogP contribution in [0.15, 0.2) is 24.5 Å². The van der Waals surface area contributed by atoms with Gasteiger partial charge in [-0.05, 0) is 30.0 Å². The first kappa shape index (κ1) is 25.6. The molecule has 0 unspecified atom stereocenters. The number of nitrogens with zero attached hydrogens (tertiary/aromatic N) is 5. The number of anilines is 1. The molecule has 1 aliphatic carbocycles. The van der Waals surface area contributed by atoms with Crippen molar-refractivity contribution in [1.29, 1.82) is 0 Å². The maximum absolute atomic E-state index is 14.0. The first-order valence-corrected chi connectivity index (χ1v) is 12.6. The Kier molecular flexibility index (Phi) is 8.09. The van der Waals surface area contributed by atoms with Crippen molar-refractivity contribution in [3.8, 4) is 0 Å². The molecule has 8 nitrogen and oxygen atoms in total. The number of fused-ring (bicyclic) bond motifs is 1. The summed E-state index contributed by atoms with van der Waals surface area (Å²) in [7, 11) is 0. The SMILES string of the molecule is CC(C)NCCN(Cc1ccc(Cl)c(F)c1)C(=O)N1CCN(c2ncnc3c2[C@H](C)C[C@H]3O)CC1. The molecule has 1 aromatic carbocycles. The van der Waals surface area contributed by atoms with E-state index < -0.39 is 11.9 Å². The summed E-state index contributed by atoms with van der Waals surface area (Å²) in [4.78, 5) is 28.1. The molecule has 10 heteroatoms. The molecule has 0 bridgehead atoms. The Balaban J connectivity index is 1.43. The number of halogens is 2. The van der Waals surface area contributed by atoms with Crippen molar-refractivity contribution in [1.82, 2.24) is 25.1 Å². The van der Waals surface area contributed by atoms with Crippen LogP contribution in [0.25, 0.3) is 0 Å². The molecular weight excluding hydrogens is 471 g/mol. The largest absolute Gasteiger partial charge is 0.387 e. The second-order valence-corrected chi connectivity index (χ2v) is 10.1. The van der Waals surface area contributed by atoms with Crippen molar-refractivity contribution < 1.29 is 14.3 Å². The fourth-order valence-electron chi connectivity index (χ4n) is 4.85. The highest BCUT2D eigenvalue weighted by Gasteiger charge is 2.34. The number of piperazine rings is 1. The molecule has 2 N–H and O–H groups in total. The van der Waals surface area contributed by atoms with Crippen LogP contribution in [0.1, 0.15) is 56.0 Å². The van der Waals surface area contributed by atoms with Gasteiger partial charge in [0.1, 0.15) is 18.0 Å². The van der Waals surface area contributed by atoms with Gasteiger partial charge in [-0.3, -0.25) is 0 Å². The van der Waals surface area contributed by atoms with Crippen LogP contribution in [0, 0.1) is 5.82 Å². The van der Waals surface area contributed by atoms with Gasteiger partial charge in [0.15, 0.2) is 0 Å². The molecule has 0 radical (unpaired) electrons. The highest BCUT2D eigenvalue weighted by Crippen LogP contribution is 2.42. The van der Waals surface area contributed by atoms with E-state index in [2.05, 4.69) is 41.0 Å². The lowest BCUT2D eigenvalue weighted by atomic mass is 10.1. The molecule has 190 valence electrons. The van der Waals surface area contributed by atoms with Gasteiger partial charge in [0.05, 0.1) is 16.8 Å². The Morgan fingerprint density at radius 2 is 2.03 bits per heavy atom. The third-order valence-electron chi connectivity index (χ3n) is 6.69. The van der Waals surface area contributed by atoms with Crippen molar-refractivity contribution in [2.45, 2.75) is 51.8 Å². The lowest BCUT2D eigenvalue weighted by molar-refractivity contribution is 0.147. The van der Waals surface area contributed by atoms with Crippen molar-refractivity contribution >= 4 is 23.4 Å². The van der Waals surface area contributed by atoms with Crippen LogP contribution in [-0.4, -0.2) is 76.2 Å². The van der Waals surface area contributed by atoms with Crippen molar-refractivity contribution in [3.05, 3.63) is 52.2 Å². The topological polar surface area (TPSA) is 84.8 Å². The molecule has 1 aliphatic heterocycles. The summed E-state index contributed by atoms with van der Waals surface area (Å²) in [5, 5.41) is 13.7. The number of nitrogens with one attached hydrogen (secondary N) is 1. The number of benzene rings is 1. The van der Waals surface area contributed by atoms with E-state index in [9.17, 15) is 14.3 Å². The average molecular weight is 505 g/mol. The van der Waals surface area contributed by atoms with Gasteiger partial charge in [0, 0.05) is 57.4 Å². The van der Waals surface area contributed by atoms with E-state index in [0.717, 1.165) is 17.1 Å². The molecule has 2 amide bonds. The zero-order valence-corrected chi connectivity index (χ0v) is 21.3. The maximum atomic E-state index is 14.0. The number of aromatic nitrogens is 2. The Morgan fingerprint density at radius 3 is 2.71 bits per heavy atom. The Morgan fingerprint density at radius 1 is 1.29 bits per heavy atom. The Hall–Kier alpha value is -2.49. The highest BCUT2D eigenvalue weighted by molar-refractivity contribution is 6.30. The Labute approximate surface area is 211 Å². The summed E-state index contributed by atoms with van der Waals surface area (Å²) < 4.78 is 14.0. The van der Waals surface area contributed by atoms with Gasteiger partial charge in [-0.15, -0.1) is 0 Å². The van der Waals surface area contributed by atoms with Crippen LogP contribution in [0.3, 0.4) is 0 Å². The molecule has 2 atom stereocenters. The van der Waals surface area contributed by atoms with E-state index in [1.165, 1.54) is 18.5 Å². The Bertz CT molecular complexity index is 1050. The lowest BCUT2D eigenvalue weighted by Gasteiger charge is -2.39. The smallest absolute Gasteiger partial charge is 0.320 e. The number of rotatable bonds is 7. The molecule has 2 aromatic rings. The van der Waals surface area contributed by atoms with Crippen LogP contribution < -0.4 is 10.2 Å². The normalized spacial score (nSPS) is 19.9. The number of hydrogen-bond acceptors (Lipinski definition) is 6. The number of urea groups is 1. The molecule has 1 fully saturated rings. The fraction of sp³-hybridized carbons (Fsp3) is 0.560. The van der Waals surface area contributed by atoms with Gasteiger partial charge in [0.2, 0.25) is 0 Å². The third kappa shape index (κ3) is 5.85. The first-order valence-electron chi connectivity index (χ1n) is 12.2. The molecule has 2 aliphatic rings. The molecule has 0 saturated carbocycles. The molecule has 4 rings (SSSR count). The van der Waals surface area contributed by atoms with Crippen molar-refractivity contribution in [2.24, 2.45) is 0 Å². The standard InChI is InChI=1S/C25H34ClFN6O2/c1-16(2)28-6-7-33(14-18-4-5-19(26)20(27)13-18)25(35)32-10-8-31(9-11-32)24-22-17(3)12-21(34)23(22)29-15-30-24/h4-5,13,15-17,21,28,34H,6-12,14H2,1-3H3/t17-,21-/m1/s1. The molecule has 1 aromatic heterocycles. The fourth-order valence-corrected chi connectivity index (χ4v) is 4.97. The number of aliphatic hydroxyl groups is 1. The number of aliphatic hydroxyl groups excluding tert-OH is 1. The van der Waals surface area contributed by atoms with E-state index in [1.54, 1.807) is 11.0 Å². The second kappa shape index (κ2) is 11.1. The van der Waals surface area contributed by atoms with E-state index in [4.69, 9.17) is 11.6 Å². The zero-order valence-electron chi connectivity index (χ0n) is 20.5. The van der Waals surface area contributed by atoms with Crippen LogP contribution in [0.5, 0.6) is 0 Å². The van der Waals surface area contributed by atoms with Gasteiger partial charge in [-0.1, -0.05) is 38.4 Å². The number of carbonyl (C=O) groups is 1. The van der Waals surface area contributed by atoms with E-state index in [0.29, 0.717) is 63.8 Å². The lowest BCUT2D eigenvalue weighted by Crippen LogP contribution is -2.54. The van der Waals surface area contributed by atoms with Crippen LogP contribution in [0.2, 0.25) is 5.02 Å². The maximum Gasteiger partial charge on any atom is 0.320 e. The molecular formula is C25H34ClFN6O2. The van der Waals surface area contributed by atoms with E-state index in [-0.39, 0.29) is 17.0 Å². The number of amides is 2. The monoisotopic (exact) mass is 504 g/mol. The summed E-state index contributed by atoms with van der Waals surface area (Å²) in [5.41, 5.74) is 2.44. The summed E-state index contributed by atoms with van der Waals surface area (Å²) in [6.45, 7) is 10.1. The molecule has 1 saturated heterocycles. The van der Waals surface area contributed by atoms with Crippen molar-refractivity contribution in [2.75, 3.05) is 44.2 Å². The predicted octanol–water partition coefficient (Wildman–Crippen LogP) is 3.55. The molecule has 0 spiro atoms. The highest BCUT2D eigenvalue weighted by atomic mass is 35.5. The number of hydrogen-bond donors (Lipinski definition) is 2. The third-order valence-corrected chi connectivity index (χ3v) is 7.00. The van der Waals surface area contributed by atoms with Crippen LogP contribution >= 0.6 is 11.6 Å². The molecule has 35 heavy (non-hydrogen) atoms. The average Bonchev–Trinajstić information content (AvgIpc) is 3.13. The van der Waals surface area contributed by atoms with E-state index in [1.807, 2.05) is 4.90 Å². The minimum atomic E-state index is -0.546. The molecule has 2 heterocycles. The van der Waals surface area contributed by atoms with Gasteiger partial charge < -0.3 is 25.1 Å². The van der Waals surface area contributed by atoms with Crippen LogP contribution in [-0.2, 0) is 6.54 Å². The van der Waals surface area contributed by atoms with Crippen molar-refractivity contribution in [3.63, 3.8) is 0 Å².